The van der Waals surface area contributed by atoms with E-state index >= 15 is 0 Å². The molecule has 0 bridgehead atoms. The number of carbonyl (C=O) groups excluding carboxylic acids is 2. The lowest BCUT2D eigenvalue weighted by molar-refractivity contribution is -0.115. The van der Waals surface area contributed by atoms with E-state index in [-0.39, 0.29) is 24.2 Å². The lowest BCUT2D eigenvalue weighted by atomic mass is 10.1. The van der Waals surface area contributed by atoms with Crippen molar-refractivity contribution in [1.82, 2.24) is 5.32 Å². The van der Waals surface area contributed by atoms with Crippen LogP contribution in [0, 0.1) is 19.7 Å². The van der Waals surface area contributed by atoms with Crippen molar-refractivity contribution in [3.05, 3.63) is 65.0 Å². The molecule has 0 aromatic heterocycles. The Balaban J connectivity index is 1.90. The molecule has 2 aromatic rings. The number of nitrogens with one attached hydrogen (secondary N) is 2. The predicted molar refractivity (Wildman–Crippen MR) is 83.3 cm³/mol. The highest BCUT2D eigenvalue weighted by Gasteiger charge is 2.09. The molecule has 0 unspecified atom stereocenters. The highest BCUT2D eigenvalue weighted by Crippen LogP contribution is 2.09. The molecule has 0 saturated heterocycles. The molecule has 2 aromatic carbocycles. The van der Waals surface area contributed by atoms with Crippen LogP contribution in [-0.4, -0.2) is 18.4 Å². The third-order valence-electron chi connectivity index (χ3n) is 3.02. The first-order valence-corrected chi connectivity index (χ1v) is 6.86. The molecule has 0 atom stereocenters. The molecule has 0 saturated carbocycles. The highest BCUT2D eigenvalue weighted by atomic mass is 19.1. The smallest absolute Gasteiger partial charge is 0.251 e. The maximum Gasteiger partial charge on any atom is 0.251 e. The summed E-state index contributed by atoms with van der Waals surface area (Å²) in [6.45, 7) is 3.67. The maximum atomic E-state index is 12.8. The fraction of sp³-hybridized carbons (Fsp3) is 0.176. The number of hydrogen-bond acceptors (Lipinski definition) is 2. The van der Waals surface area contributed by atoms with E-state index in [2.05, 4.69) is 10.6 Å². The van der Waals surface area contributed by atoms with Gasteiger partial charge in [-0.05, 0) is 50.2 Å². The van der Waals surface area contributed by atoms with Crippen molar-refractivity contribution in [3.8, 4) is 0 Å². The van der Waals surface area contributed by atoms with Crippen LogP contribution in [0.25, 0.3) is 0 Å². The Labute approximate surface area is 128 Å². The fourth-order valence-electron chi connectivity index (χ4n) is 2.11. The van der Waals surface area contributed by atoms with Crippen molar-refractivity contribution in [3.63, 3.8) is 0 Å². The van der Waals surface area contributed by atoms with Gasteiger partial charge in [-0.15, -0.1) is 0 Å². The SMILES string of the molecule is Cc1cc(C)cc(C(=O)NCC(=O)Nc2ccc(F)cc2)c1. The van der Waals surface area contributed by atoms with Gasteiger partial charge in [0.05, 0.1) is 6.54 Å². The van der Waals surface area contributed by atoms with Crippen LogP contribution in [0.5, 0.6) is 0 Å². The van der Waals surface area contributed by atoms with Gasteiger partial charge in [0, 0.05) is 11.3 Å². The summed E-state index contributed by atoms with van der Waals surface area (Å²) in [5.41, 5.74) is 2.97. The topological polar surface area (TPSA) is 58.2 Å². The number of benzene rings is 2. The highest BCUT2D eigenvalue weighted by molar-refractivity contribution is 5.99. The lowest BCUT2D eigenvalue weighted by Crippen LogP contribution is -2.32. The second kappa shape index (κ2) is 6.85. The van der Waals surface area contributed by atoms with Crippen LogP contribution in [0.4, 0.5) is 10.1 Å². The summed E-state index contributed by atoms with van der Waals surface area (Å²) < 4.78 is 12.8. The van der Waals surface area contributed by atoms with Crippen LogP contribution in [0.2, 0.25) is 0 Å². The van der Waals surface area contributed by atoms with E-state index < -0.39 is 0 Å². The standard InChI is InChI=1S/C17H17FN2O2/c1-11-7-12(2)9-13(8-11)17(22)19-10-16(21)20-15-5-3-14(18)4-6-15/h3-9H,10H2,1-2H3,(H,19,22)(H,20,21). The monoisotopic (exact) mass is 300 g/mol. The Morgan fingerprint density at radius 3 is 2.18 bits per heavy atom. The molecule has 4 nitrogen and oxygen atoms in total. The Hall–Kier alpha value is -2.69. The minimum absolute atomic E-state index is 0.150. The number of aryl methyl sites for hydroxylation is 2. The summed E-state index contributed by atoms with van der Waals surface area (Å²) in [4.78, 5) is 23.8. The Bertz CT molecular complexity index is 676. The van der Waals surface area contributed by atoms with Crippen molar-refractivity contribution in [2.45, 2.75) is 13.8 Å². The van der Waals surface area contributed by atoms with E-state index in [4.69, 9.17) is 0 Å². The number of carbonyl (C=O) groups is 2. The van der Waals surface area contributed by atoms with Crippen molar-refractivity contribution in [1.29, 1.82) is 0 Å². The lowest BCUT2D eigenvalue weighted by Gasteiger charge is -2.08. The second-order valence-electron chi connectivity index (χ2n) is 5.11. The molecular weight excluding hydrogens is 283 g/mol. The largest absolute Gasteiger partial charge is 0.343 e. The van der Waals surface area contributed by atoms with Gasteiger partial charge in [0.15, 0.2) is 0 Å². The summed E-state index contributed by atoms with van der Waals surface area (Å²) in [6, 6.07) is 10.9. The molecule has 0 fully saturated rings. The maximum absolute atomic E-state index is 12.8. The van der Waals surface area contributed by atoms with Gasteiger partial charge in [-0.25, -0.2) is 4.39 Å². The molecule has 5 heteroatoms. The van der Waals surface area contributed by atoms with Crippen LogP contribution in [0.1, 0.15) is 21.5 Å². The minimum Gasteiger partial charge on any atom is -0.343 e. The van der Waals surface area contributed by atoms with Crippen LogP contribution in [-0.2, 0) is 4.79 Å². The minimum atomic E-state index is -0.374. The Morgan fingerprint density at radius 2 is 1.59 bits per heavy atom. The average Bonchev–Trinajstić information content (AvgIpc) is 2.46. The molecule has 0 aliphatic heterocycles. The zero-order valence-corrected chi connectivity index (χ0v) is 12.4. The quantitative estimate of drug-likeness (QED) is 0.912. The Morgan fingerprint density at radius 1 is 1.00 bits per heavy atom. The summed E-state index contributed by atoms with van der Waals surface area (Å²) in [5.74, 6) is -1.05. The van der Waals surface area contributed by atoms with Crippen LogP contribution >= 0.6 is 0 Å². The molecule has 0 aliphatic carbocycles. The van der Waals surface area contributed by atoms with Crippen molar-refractivity contribution >= 4 is 17.5 Å². The summed E-state index contributed by atoms with van der Waals surface area (Å²) in [7, 11) is 0. The number of rotatable bonds is 4. The summed E-state index contributed by atoms with van der Waals surface area (Å²) in [6.07, 6.45) is 0. The van der Waals surface area contributed by atoms with Gasteiger partial charge in [0.1, 0.15) is 5.82 Å². The molecule has 114 valence electrons. The van der Waals surface area contributed by atoms with E-state index in [1.807, 2.05) is 19.9 Å². The zero-order valence-electron chi connectivity index (χ0n) is 12.4. The number of hydrogen-bond donors (Lipinski definition) is 2. The number of halogens is 1. The molecule has 0 spiro atoms. The van der Waals surface area contributed by atoms with Crippen LogP contribution in [0.3, 0.4) is 0 Å². The molecule has 0 radical (unpaired) electrons. The van der Waals surface area contributed by atoms with Gasteiger partial charge in [0.25, 0.3) is 5.91 Å². The first kappa shape index (κ1) is 15.7. The Kier molecular flexibility index (Phi) is 4.88. The van der Waals surface area contributed by atoms with E-state index in [1.165, 1.54) is 24.3 Å². The van der Waals surface area contributed by atoms with Gasteiger partial charge < -0.3 is 10.6 Å². The van der Waals surface area contributed by atoms with Crippen molar-refractivity contribution in [2.24, 2.45) is 0 Å². The summed E-state index contributed by atoms with van der Waals surface area (Å²) in [5, 5.41) is 5.14. The van der Waals surface area contributed by atoms with Gasteiger partial charge in [-0.1, -0.05) is 17.2 Å². The van der Waals surface area contributed by atoms with Crippen LogP contribution < -0.4 is 10.6 Å². The first-order valence-electron chi connectivity index (χ1n) is 6.86. The molecule has 2 rings (SSSR count). The molecule has 0 aliphatic rings. The summed E-state index contributed by atoms with van der Waals surface area (Å²) >= 11 is 0. The molecule has 22 heavy (non-hydrogen) atoms. The third-order valence-corrected chi connectivity index (χ3v) is 3.02. The van der Waals surface area contributed by atoms with Crippen molar-refractivity contribution in [2.75, 3.05) is 11.9 Å². The van der Waals surface area contributed by atoms with Crippen LogP contribution in [0.15, 0.2) is 42.5 Å². The van der Waals surface area contributed by atoms with E-state index in [0.717, 1.165) is 11.1 Å². The van der Waals surface area contributed by atoms with E-state index in [1.54, 1.807) is 12.1 Å². The van der Waals surface area contributed by atoms with E-state index in [9.17, 15) is 14.0 Å². The molecule has 0 heterocycles. The zero-order chi connectivity index (χ0) is 16.1. The van der Waals surface area contributed by atoms with Gasteiger partial charge in [-0.2, -0.15) is 0 Å². The third kappa shape index (κ3) is 4.41. The van der Waals surface area contributed by atoms with E-state index in [0.29, 0.717) is 11.3 Å². The molecule has 2 N–H and O–H groups in total. The fourth-order valence-corrected chi connectivity index (χ4v) is 2.11. The van der Waals surface area contributed by atoms with Gasteiger partial charge >= 0.3 is 0 Å². The van der Waals surface area contributed by atoms with Gasteiger partial charge in [0.2, 0.25) is 5.91 Å². The average molecular weight is 300 g/mol. The number of anilines is 1. The predicted octanol–water partition coefficient (Wildman–Crippen LogP) is 2.81. The molecular formula is C17H17FN2O2. The normalized spacial score (nSPS) is 10.1. The molecule has 2 amide bonds. The van der Waals surface area contributed by atoms with Crippen molar-refractivity contribution < 1.29 is 14.0 Å². The second-order valence-corrected chi connectivity index (χ2v) is 5.11. The van der Waals surface area contributed by atoms with Gasteiger partial charge in [-0.3, -0.25) is 9.59 Å². The first-order chi connectivity index (χ1) is 10.4. The number of amides is 2.